The van der Waals surface area contributed by atoms with Crippen molar-refractivity contribution in [1.82, 2.24) is 19.9 Å². The molecular weight excluding hydrogens is 467 g/mol. The molecule has 2 unspecified atom stereocenters. The summed E-state index contributed by atoms with van der Waals surface area (Å²) < 4.78 is 32.5. The summed E-state index contributed by atoms with van der Waals surface area (Å²) in [5, 5.41) is 11.8. The van der Waals surface area contributed by atoms with Gasteiger partial charge in [-0.25, -0.2) is 14.8 Å². The van der Waals surface area contributed by atoms with Gasteiger partial charge in [-0.15, -0.1) is 0 Å². The molecule has 2 aromatic heterocycles. The monoisotopic (exact) mass is 488 g/mol. The van der Waals surface area contributed by atoms with E-state index in [0.29, 0.717) is 26.3 Å². The number of aromatic nitrogens is 3. The molecule has 4 heterocycles. The molecule has 10 nitrogen and oxygen atoms in total. The van der Waals surface area contributed by atoms with Gasteiger partial charge in [0.05, 0.1) is 23.8 Å². The van der Waals surface area contributed by atoms with E-state index in [-0.39, 0.29) is 57.7 Å². The van der Waals surface area contributed by atoms with Gasteiger partial charge in [-0.2, -0.15) is 14.6 Å². The zero-order chi connectivity index (χ0) is 23.9. The molecule has 178 valence electrons. The van der Waals surface area contributed by atoms with Crippen molar-refractivity contribution in [3.05, 3.63) is 35.0 Å². The second-order valence-electron chi connectivity index (χ2n) is 9.00. The Balaban J connectivity index is 1.30. The van der Waals surface area contributed by atoms with E-state index in [1.165, 1.54) is 18.6 Å². The summed E-state index contributed by atoms with van der Waals surface area (Å²) in [6.07, 6.45) is 3.52. The third-order valence-electron chi connectivity index (χ3n) is 6.26. The van der Waals surface area contributed by atoms with Gasteiger partial charge in [0.15, 0.2) is 5.82 Å². The Hall–Kier alpha value is -3.23. The standard InChI is InChI=1S/C22H22ClFN6O4/c1-22(2-3-22)34-21(31)30-7-13-9-32-10-14(8-30)17(13)33-20-16(24)19(27-11-28-20)29-18-15(23)4-12(5-25)6-26-18/h4,6,11,13-14,17H,2-3,7-10H2,1H3,(H,26,27,28,29). The van der Waals surface area contributed by atoms with Crippen LogP contribution < -0.4 is 10.1 Å². The number of nitrogens with one attached hydrogen (secondary N) is 1. The second kappa shape index (κ2) is 8.85. The number of anilines is 2. The molecular formula is C22H22ClFN6O4. The van der Waals surface area contributed by atoms with Crippen LogP contribution in [0.3, 0.4) is 0 Å². The lowest BCUT2D eigenvalue weighted by Crippen LogP contribution is -2.59. The number of carbonyl (C=O) groups is 1. The van der Waals surface area contributed by atoms with Crippen LogP contribution in [-0.2, 0) is 9.47 Å². The Kier molecular flexibility index (Phi) is 5.87. The van der Waals surface area contributed by atoms with Crippen LogP contribution >= 0.6 is 11.6 Å². The Morgan fingerprint density at radius 1 is 1.29 bits per heavy atom. The predicted molar refractivity (Wildman–Crippen MR) is 117 cm³/mol. The molecule has 34 heavy (non-hydrogen) atoms. The maximum absolute atomic E-state index is 15.2. The lowest BCUT2D eigenvalue weighted by Gasteiger charge is -2.46. The molecule has 5 rings (SSSR count). The van der Waals surface area contributed by atoms with Crippen LogP contribution in [0.4, 0.5) is 20.8 Å². The van der Waals surface area contributed by atoms with Crippen molar-refractivity contribution in [2.45, 2.75) is 31.5 Å². The Morgan fingerprint density at radius 3 is 2.68 bits per heavy atom. The highest BCUT2D eigenvalue weighted by Gasteiger charge is 2.47. The minimum atomic E-state index is -0.799. The van der Waals surface area contributed by atoms with Gasteiger partial charge in [0.1, 0.15) is 29.9 Å². The molecule has 0 aromatic carbocycles. The fourth-order valence-electron chi connectivity index (χ4n) is 4.15. The number of hydrogen-bond donors (Lipinski definition) is 1. The first-order valence-electron chi connectivity index (χ1n) is 10.9. The van der Waals surface area contributed by atoms with Crippen molar-refractivity contribution >= 4 is 29.3 Å². The Labute approximate surface area is 200 Å². The van der Waals surface area contributed by atoms with Crippen molar-refractivity contribution in [3.63, 3.8) is 0 Å². The SMILES string of the molecule is CC1(OC(=O)N2CC3COCC(C2)C3Oc2ncnc(Nc3ncc(C#N)cc3Cl)c2F)CC1. The van der Waals surface area contributed by atoms with Crippen molar-refractivity contribution in [2.24, 2.45) is 11.8 Å². The van der Waals surface area contributed by atoms with E-state index < -0.39 is 5.82 Å². The van der Waals surface area contributed by atoms with E-state index in [0.717, 1.165) is 12.8 Å². The molecule has 2 atom stereocenters. The number of nitrogens with zero attached hydrogens (tertiary/aromatic N) is 5. The normalized spacial score (nSPS) is 24.6. The summed E-state index contributed by atoms with van der Waals surface area (Å²) in [7, 11) is 0. The van der Waals surface area contributed by atoms with Gasteiger partial charge in [0, 0.05) is 31.1 Å². The quantitative estimate of drug-likeness (QED) is 0.675. The van der Waals surface area contributed by atoms with Crippen LogP contribution in [0.25, 0.3) is 0 Å². The van der Waals surface area contributed by atoms with Crippen molar-refractivity contribution in [1.29, 1.82) is 5.26 Å². The van der Waals surface area contributed by atoms with E-state index in [9.17, 15) is 4.79 Å². The number of pyridine rings is 1. The Bertz CT molecular complexity index is 1140. The fourth-order valence-corrected chi connectivity index (χ4v) is 4.36. The lowest BCUT2D eigenvalue weighted by atomic mass is 9.84. The van der Waals surface area contributed by atoms with Gasteiger partial charge < -0.3 is 24.4 Å². The molecule has 2 bridgehead atoms. The van der Waals surface area contributed by atoms with Crippen LogP contribution in [0.1, 0.15) is 25.3 Å². The number of amides is 1. The fraction of sp³-hybridized carbons (Fsp3) is 0.500. The number of hydrogen-bond acceptors (Lipinski definition) is 9. The van der Waals surface area contributed by atoms with Crippen molar-refractivity contribution < 1.29 is 23.4 Å². The minimum absolute atomic E-state index is 0.144. The van der Waals surface area contributed by atoms with Crippen LogP contribution in [0, 0.1) is 29.0 Å². The van der Waals surface area contributed by atoms with Crippen LogP contribution in [0.15, 0.2) is 18.6 Å². The highest BCUT2D eigenvalue weighted by Crippen LogP contribution is 2.40. The smallest absolute Gasteiger partial charge is 0.410 e. The summed E-state index contributed by atoms with van der Waals surface area (Å²) in [6, 6.07) is 3.34. The second-order valence-corrected chi connectivity index (χ2v) is 9.40. The first kappa shape index (κ1) is 22.6. The first-order valence-corrected chi connectivity index (χ1v) is 11.3. The maximum atomic E-state index is 15.2. The van der Waals surface area contributed by atoms with E-state index in [4.69, 9.17) is 31.1 Å². The molecule has 2 aromatic rings. The van der Waals surface area contributed by atoms with Gasteiger partial charge in [-0.05, 0) is 25.8 Å². The van der Waals surface area contributed by atoms with E-state index in [1.54, 1.807) is 4.90 Å². The van der Waals surface area contributed by atoms with Crippen molar-refractivity contribution in [3.8, 4) is 11.9 Å². The minimum Gasteiger partial charge on any atom is -0.471 e. The molecule has 3 fully saturated rings. The average Bonchev–Trinajstić information content (AvgIpc) is 3.53. The van der Waals surface area contributed by atoms with Crippen LogP contribution in [0.5, 0.6) is 5.88 Å². The number of nitriles is 1. The number of ether oxygens (including phenoxy) is 3. The molecule has 1 aliphatic carbocycles. The van der Waals surface area contributed by atoms with Crippen molar-refractivity contribution in [2.75, 3.05) is 31.6 Å². The van der Waals surface area contributed by atoms with E-state index >= 15 is 4.39 Å². The third kappa shape index (κ3) is 4.56. The largest absolute Gasteiger partial charge is 0.471 e. The van der Waals surface area contributed by atoms with Crippen LogP contribution in [-0.4, -0.2) is 64.0 Å². The van der Waals surface area contributed by atoms with Gasteiger partial charge in [-0.3, -0.25) is 0 Å². The molecule has 3 aliphatic rings. The molecule has 2 saturated heterocycles. The summed E-state index contributed by atoms with van der Waals surface area (Å²) in [5.74, 6) is -1.35. The van der Waals surface area contributed by atoms with Gasteiger partial charge in [-0.1, -0.05) is 11.6 Å². The zero-order valence-electron chi connectivity index (χ0n) is 18.3. The molecule has 1 N–H and O–H groups in total. The first-order chi connectivity index (χ1) is 16.3. The van der Waals surface area contributed by atoms with E-state index in [2.05, 4.69) is 20.3 Å². The molecule has 1 amide bonds. The molecule has 0 radical (unpaired) electrons. The molecule has 2 aliphatic heterocycles. The summed E-state index contributed by atoms with van der Waals surface area (Å²) in [6.45, 7) is 3.46. The molecule has 12 heteroatoms. The predicted octanol–water partition coefficient (Wildman–Crippen LogP) is 3.29. The summed E-state index contributed by atoms with van der Waals surface area (Å²) in [5.41, 5.74) is -0.0751. The number of halogens is 2. The third-order valence-corrected chi connectivity index (χ3v) is 6.55. The molecule has 1 saturated carbocycles. The topological polar surface area (TPSA) is 122 Å². The number of piperidine rings is 1. The Morgan fingerprint density at radius 2 is 2.03 bits per heavy atom. The van der Waals surface area contributed by atoms with Gasteiger partial charge in [0.2, 0.25) is 5.82 Å². The van der Waals surface area contributed by atoms with E-state index in [1.807, 2.05) is 13.0 Å². The lowest BCUT2D eigenvalue weighted by molar-refractivity contribution is -0.112. The summed E-state index contributed by atoms with van der Waals surface area (Å²) >= 11 is 6.12. The summed E-state index contributed by atoms with van der Waals surface area (Å²) in [4.78, 5) is 26.2. The van der Waals surface area contributed by atoms with Gasteiger partial charge >= 0.3 is 6.09 Å². The zero-order valence-corrected chi connectivity index (χ0v) is 19.1. The maximum Gasteiger partial charge on any atom is 0.410 e. The number of carbonyl (C=O) groups excluding carboxylic acids is 1. The van der Waals surface area contributed by atoms with Gasteiger partial charge in [0.25, 0.3) is 5.88 Å². The molecule has 0 spiro atoms. The average molecular weight is 489 g/mol. The number of fused-ring (bicyclic) bond motifs is 2. The van der Waals surface area contributed by atoms with Crippen LogP contribution in [0.2, 0.25) is 5.02 Å². The number of likely N-dealkylation sites (tertiary alicyclic amines) is 1. The highest BCUT2D eigenvalue weighted by atomic mass is 35.5. The number of rotatable bonds is 5. The highest BCUT2D eigenvalue weighted by molar-refractivity contribution is 6.33.